The van der Waals surface area contributed by atoms with Crippen molar-refractivity contribution in [2.24, 2.45) is 0 Å². The Hall–Kier alpha value is -3.21. The van der Waals surface area contributed by atoms with Gasteiger partial charge in [0.15, 0.2) is 0 Å². The largest absolute Gasteiger partial charge is 0.326 e. The molecule has 2 N–H and O–H groups in total. The first kappa shape index (κ1) is 14.7. The van der Waals surface area contributed by atoms with Crippen molar-refractivity contribution in [3.05, 3.63) is 66.4 Å². The maximum Gasteiger partial charge on any atom is 0.257 e. The maximum absolute atomic E-state index is 12.3. The Morgan fingerprint density at radius 1 is 0.913 bits per heavy atom. The normalized spacial score (nSPS) is 10.3. The van der Waals surface area contributed by atoms with Crippen molar-refractivity contribution in [3.8, 4) is 0 Å². The minimum absolute atomic E-state index is 0.135. The fourth-order valence-electron chi connectivity index (χ4n) is 2.24. The lowest BCUT2D eigenvalue weighted by Gasteiger charge is -2.07. The summed E-state index contributed by atoms with van der Waals surface area (Å²) in [5.41, 5.74) is 2.68. The standard InChI is InChI=1S/C18H15N3O2/c1-12(22)20-15-6-8-16(9-7-15)21-18(23)14-10-13-4-2-3-5-17(13)19-11-14/h2-11H,1H3,(H,20,22)(H,21,23). The molecule has 0 saturated heterocycles. The minimum Gasteiger partial charge on any atom is -0.326 e. The molecule has 2 aromatic carbocycles. The molecule has 0 bridgehead atoms. The lowest BCUT2D eigenvalue weighted by atomic mass is 10.1. The number of anilines is 2. The zero-order valence-corrected chi connectivity index (χ0v) is 12.5. The Kier molecular flexibility index (Phi) is 4.01. The van der Waals surface area contributed by atoms with Crippen molar-refractivity contribution in [2.45, 2.75) is 6.92 Å². The molecule has 0 aliphatic rings. The van der Waals surface area contributed by atoms with Gasteiger partial charge in [-0.25, -0.2) is 0 Å². The van der Waals surface area contributed by atoms with Crippen molar-refractivity contribution >= 4 is 34.1 Å². The van der Waals surface area contributed by atoms with Crippen LogP contribution in [0.1, 0.15) is 17.3 Å². The first-order valence-electron chi connectivity index (χ1n) is 7.15. The molecule has 114 valence electrons. The van der Waals surface area contributed by atoms with E-state index in [-0.39, 0.29) is 11.8 Å². The third-order valence-electron chi connectivity index (χ3n) is 3.32. The number of nitrogens with zero attached hydrogens (tertiary/aromatic N) is 1. The van der Waals surface area contributed by atoms with Gasteiger partial charge in [0.2, 0.25) is 5.91 Å². The Labute approximate surface area is 133 Å². The monoisotopic (exact) mass is 305 g/mol. The Morgan fingerprint density at radius 2 is 1.57 bits per heavy atom. The van der Waals surface area contributed by atoms with Gasteiger partial charge in [0.25, 0.3) is 5.91 Å². The highest BCUT2D eigenvalue weighted by atomic mass is 16.2. The molecule has 5 nitrogen and oxygen atoms in total. The predicted octanol–water partition coefficient (Wildman–Crippen LogP) is 3.45. The van der Waals surface area contributed by atoms with Crippen LogP contribution in [0.15, 0.2) is 60.8 Å². The molecule has 0 atom stereocenters. The van der Waals surface area contributed by atoms with Crippen LogP contribution >= 0.6 is 0 Å². The van der Waals surface area contributed by atoms with Crippen molar-refractivity contribution in [1.29, 1.82) is 0 Å². The molecule has 1 heterocycles. The highest BCUT2D eigenvalue weighted by molar-refractivity contribution is 6.05. The molecule has 0 unspecified atom stereocenters. The molecule has 0 aliphatic carbocycles. The summed E-state index contributed by atoms with van der Waals surface area (Å²) in [6.07, 6.45) is 1.56. The van der Waals surface area contributed by atoms with Gasteiger partial charge in [-0.3, -0.25) is 14.6 Å². The van der Waals surface area contributed by atoms with E-state index in [9.17, 15) is 9.59 Å². The van der Waals surface area contributed by atoms with Crippen LogP contribution in [0.3, 0.4) is 0 Å². The Balaban J connectivity index is 1.76. The zero-order valence-electron chi connectivity index (χ0n) is 12.5. The van der Waals surface area contributed by atoms with Gasteiger partial charge in [-0.15, -0.1) is 0 Å². The number of hydrogen-bond acceptors (Lipinski definition) is 3. The molecule has 3 rings (SSSR count). The third-order valence-corrected chi connectivity index (χ3v) is 3.32. The minimum atomic E-state index is -0.226. The van der Waals surface area contributed by atoms with Gasteiger partial charge >= 0.3 is 0 Å². The van der Waals surface area contributed by atoms with Crippen LogP contribution in [0.2, 0.25) is 0 Å². The predicted molar refractivity (Wildman–Crippen MR) is 90.4 cm³/mol. The molecular weight excluding hydrogens is 290 g/mol. The second-order valence-corrected chi connectivity index (χ2v) is 5.13. The van der Waals surface area contributed by atoms with E-state index in [0.29, 0.717) is 16.9 Å². The summed E-state index contributed by atoms with van der Waals surface area (Å²) in [5, 5.41) is 6.41. The van der Waals surface area contributed by atoms with E-state index in [0.717, 1.165) is 10.9 Å². The van der Waals surface area contributed by atoms with Crippen LogP contribution in [0.5, 0.6) is 0 Å². The molecule has 23 heavy (non-hydrogen) atoms. The summed E-state index contributed by atoms with van der Waals surface area (Å²) in [6, 6.07) is 16.4. The van der Waals surface area contributed by atoms with E-state index in [1.807, 2.05) is 30.3 Å². The molecule has 0 fully saturated rings. The van der Waals surface area contributed by atoms with Crippen molar-refractivity contribution in [2.75, 3.05) is 10.6 Å². The quantitative estimate of drug-likeness (QED) is 0.778. The molecule has 3 aromatic rings. The Bertz CT molecular complexity index is 873. The highest BCUT2D eigenvalue weighted by Gasteiger charge is 2.08. The summed E-state index contributed by atoms with van der Waals surface area (Å²) in [6.45, 7) is 1.45. The van der Waals surface area contributed by atoms with Crippen LogP contribution in [-0.2, 0) is 4.79 Å². The van der Waals surface area contributed by atoms with Crippen LogP contribution in [-0.4, -0.2) is 16.8 Å². The summed E-state index contributed by atoms with van der Waals surface area (Å²) in [7, 11) is 0. The number of pyridine rings is 1. The molecular formula is C18H15N3O2. The number of nitrogens with one attached hydrogen (secondary N) is 2. The molecule has 0 spiro atoms. The van der Waals surface area contributed by atoms with Gasteiger partial charge < -0.3 is 10.6 Å². The fourth-order valence-corrected chi connectivity index (χ4v) is 2.24. The number of aromatic nitrogens is 1. The maximum atomic E-state index is 12.3. The van der Waals surface area contributed by atoms with Crippen LogP contribution in [0.4, 0.5) is 11.4 Å². The first-order valence-corrected chi connectivity index (χ1v) is 7.15. The van der Waals surface area contributed by atoms with E-state index >= 15 is 0 Å². The van der Waals surface area contributed by atoms with Gasteiger partial charge in [0.05, 0.1) is 11.1 Å². The molecule has 1 aromatic heterocycles. The zero-order chi connectivity index (χ0) is 16.2. The number of hydrogen-bond donors (Lipinski definition) is 2. The number of carbonyl (C=O) groups excluding carboxylic acids is 2. The molecule has 0 saturated carbocycles. The SMILES string of the molecule is CC(=O)Nc1ccc(NC(=O)c2cnc3ccccc3c2)cc1. The van der Waals surface area contributed by atoms with Crippen molar-refractivity contribution in [3.63, 3.8) is 0 Å². The number of para-hydroxylation sites is 1. The Morgan fingerprint density at radius 3 is 2.26 bits per heavy atom. The molecule has 2 amide bonds. The highest BCUT2D eigenvalue weighted by Crippen LogP contribution is 2.16. The first-order chi connectivity index (χ1) is 11.1. The molecule has 0 aliphatic heterocycles. The second kappa shape index (κ2) is 6.27. The molecule has 0 radical (unpaired) electrons. The lowest BCUT2D eigenvalue weighted by molar-refractivity contribution is -0.114. The van der Waals surface area contributed by atoms with E-state index in [2.05, 4.69) is 15.6 Å². The number of benzene rings is 2. The smallest absolute Gasteiger partial charge is 0.257 e. The van der Waals surface area contributed by atoms with E-state index in [4.69, 9.17) is 0 Å². The summed E-state index contributed by atoms with van der Waals surface area (Å²) >= 11 is 0. The van der Waals surface area contributed by atoms with Crippen LogP contribution in [0, 0.1) is 0 Å². The molecule has 5 heteroatoms. The topological polar surface area (TPSA) is 71.1 Å². The summed E-state index contributed by atoms with van der Waals surface area (Å²) in [5.74, 6) is -0.362. The number of carbonyl (C=O) groups is 2. The summed E-state index contributed by atoms with van der Waals surface area (Å²) < 4.78 is 0. The number of fused-ring (bicyclic) bond motifs is 1. The van der Waals surface area contributed by atoms with Crippen LogP contribution in [0.25, 0.3) is 10.9 Å². The number of rotatable bonds is 3. The summed E-state index contributed by atoms with van der Waals surface area (Å²) in [4.78, 5) is 27.6. The van der Waals surface area contributed by atoms with Gasteiger partial charge in [-0.05, 0) is 36.4 Å². The van der Waals surface area contributed by atoms with Crippen LogP contribution < -0.4 is 10.6 Å². The van der Waals surface area contributed by atoms with E-state index in [1.54, 1.807) is 30.5 Å². The average molecular weight is 305 g/mol. The van der Waals surface area contributed by atoms with Crippen molar-refractivity contribution in [1.82, 2.24) is 4.98 Å². The van der Waals surface area contributed by atoms with Gasteiger partial charge in [-0.1, -0.05) is 18.2 Å². The lowest BCUT2D eigenvalue weighted by Crippen LogP contribution is -2.12. The van der Waals surface area contributed by atoms with E-state index in [1.165, 1.54) is 6.92 Å². The van der Waals surface area contributed by atoms with Gasteiger partial charge in [0, 0.05) is 29.9 Å². The third kappa shape index (κ3) is 3.52. The van der Waals surface area contributed by atoms with Gasteiger partial charge in [0.1, 0.15) is 0 Å². The van der Waals surface area contributed by atoms with Gasteiger partial charge in [-0.2, -0.15) is 0 Å². The van der Waals surface area contributed by atoms with Crippen molar-refractivity contribution < 1.29 is 9.59 Å². The fraction of sp³-hybridized carbons (Fsp3) is 0.0556. The second-order valence-electron chi connectivity index (χ2n) is 5.13. The number of amides is 2. The van der Waals surface area contributed by atoms with E-state index < -0.39 is 0 Å². The average Bonchev–Trinajstić information content (AvgIpc) is 2.55.